The Balaban J connectivity index is 2.28. The first-order chi connectivity index (χ1) is 11.9. The quantitative estimate of drug-likeness (QED) is 0.734. The maximum absolute atomic E-state index is 13.8. The zero-order valence-corrected chi connectivity index (χ0v) is 13.7. The van der Waals surface area contributed by atoms with Crippen LogP contribution in [-0.2, 0) is 9.53 Å². The summed E-state index contributed by atoms with van der Waals surface area (Å²) in [4.78, 5) is 30.5. The van der Waals surface area contributed by atoms with Crippen LogP contribution in [0.2, 0.25) is 0 Å². The number of carbonyl (C=O) groups excluding carboxylic acids is 1. The van der Waals surface area contributed by atoms with Crippen molar-refractivity contribution in [2.45, 2.75) is 19.8 Å². The van der Waals surface area contributed by atoms with E-state index in [1.54, 1.807) is 26.0 Å². The van der Waals surface area contributed by atoms with Gasteiger partial charge in [-0.3, -0.25) is 4.98 Å². The molecule has 0 saturated carbocycles. The van der Waals surface area contributed by atoms with Crippen LogP contribution in [0.4, 0.5) is 16.0 Å². The molecular formula is C17H17FN4O3. The maximum atomic E-state index is 13.8. The number of hydrogen-bond acceptors (Lipinski definition) is 6. The number of carbonyl (C=O) groups is 1. The summed E-state index contributed by atoms with van der Waals surface area (Å²) in [5.74, 6) is -1.41. The summed E-state index contributed by atoms with van der Waals surface area (Å²) in [6, 6.07) is 5.84. The van der Waals surface area contributed by atoms with Crippen LogP contribution in [0.15, 0.2) is 40.3 Å². The van der Waals surface area contributed by atoms with Gasteiger partial charge < -0.3 is 15.8 Å². The van der Waals surface area contributed by atoms with Crippen molar-refractivity contribution in [3.63, 3.8) is 0 Å². The van der Waals surface area contributed by atoms with Gasteiger partial charge in [0.2, 0.25) is 0 Å². The van der Waals surface area contributed by atoms with Gasteiger partial charge >= 0.3 is 11.7 Å². The summed E-state index contributed by atoms with van der Waals surface area (Å²) in [6.45, 7) is 3.56. The van der Waals surface area contributed by atoms with Crippen LogP contribution in [0, 0.1) is 5.82 Å². The van der Waals surface area contributed by atoms with Crippen LogP contribution in [0.25, 0.3) is 0 Å². The standard InChI is InChI=1S/C17H17FN4O3/c1-3-25-16(23)11-8(2)20-15-13(14(19)21-17(24)22-15)12(11)9-5-4-6-10(18)7-9/h4-7,12H,3H2,1-2H3,(H4,19,20,21,22,24). The lowest BCUT2D eigenvalue weighted by Crippen LogP contribution is -2.29. The Morgan fingerprint density at radius 2 is 2.20 bits per heavy atom. The highest BCUT2D eigenvalue weighted by molar-refractivity contribution is 5.95. The van der Waals surface area contributed by atoms with Gasteiger partial charge in [-0.05, 0) is 31.5 Å². The Kier molecular flexibility index (Phi) is 4.26. The molecule has 0 spiro atoms. The normalized spacial score (nSPS) is 16.2. The van der Waals surface area contributed by atoms with E-state index in [9.17, 15) is 14.0 Å². The summed E-state index contributed by atoms with van der Waals surface area (Å²) in [5.41, 5.74) is 7.04. The zero-order chi connectivity index (χ0) is 18.1. The molecule has 1 aromatic heterocycles. The number of aromatic nitrogens is 2. The number of halogens is 1. The van der Waals surface area contributed by atoms with Gasteiger partial charge in [-0.25, -0.2) is 14.0 Å². The molecule has 2 aromatic rings. The Bertz CT molecular complexity index is 936. The number of nitrogens with one attached hydrogen (secondary N) is 2. The van der Waals surface area contributed by atoms with Crippen LogP contribution < -0.4 is 16.7 Å². The molecule has 2 heterocycles. The molecule has 1 aliphatic rings. The van der Waals surface area contributed by atoms with Gasteiger partial charge in [-0.1, -0.05) is 12.1 Å². The minimum atomic E-state index is -0.713. The molecule has 0 amide bonds. The number of ether oxygens (including phenoxy) is 1. The Morgan fingerprint density at radius 1 is 1.44 bits per heavy atom. The van der Waals surface area contributed by atoms with Gasteiger partial charge in [-0.2, -0.15) is 4.98 Å². The third-order valence-corrected chi connectivity index (χ3v) is 3.96. The van der Waals surface area contributed by atoms with E-state index in [1.807, 2.05) is 0 Å². The molecule has 8 heteroatoms. The molecule has 0 radical (unpaired) electrons. The highest BCUT2D eigenvalue weighted by Crippen LogP contribution is 2.43. The minimum absolute atomic E-state index is 0.0612. The van der Waals surface area contributed by atoms with Crippen LogP contribution in [0.3, 0.4) is 0 Å². The number of anilines is 2. The van der Waals surface area contributed by atoms with E-state index in [1.165, 1.54) is 12.1 Å². The second kappa shape index (κ2) is 6.39. The molecule has 3 rings (SSSR count). The molecular weight excluding hydrogens is 327 g/mol. The molecule has 7 nitrogen and oxygen atoms in total. The lowest BCUT2D eigenvalue weighted by atomic mass is 9.82. The fourth-order valence-corrected chi connectivity index (χ4v) is 2.99. The molecule has 0 aliphatic carbocycles. The molecule has 4 N–H and O–H groups in total. The fraction of sp³-hybridized carbons (Fsp3) is 0.235. The summed E-state index contributed by atoms with van der Waals surface area (Å²) in [6.07, 6.45) is 0. The van der Waals surface area contributed by atoms with E-state index >= 15 is 0 Å². The summed E-state index contributed by atoms with van der Waals surface area (Å²) < 4.78 is 18.9. The van der Waals surface area contributed by atoms with E-state index in [-0.39, 0.29) is 18.2 Å². The number of esters is 1. The fourth-order valence-electron chi connectivity index (χ4n) is 2.99. The van der Waals surface area contributed by atoms with Gasteiger partial charge in [0.25, 0.3) is 0 Å². The van der Waals surface area contributed by atoms with Crippen molar-refractivity contribution in [3.8, 4) is 0 Å². The maximum Gasteiger partial charge on any atom is 0.348 e. The lowest BCUT2D eigenvalue weighted by Gasteiger charge is -2.29. The Labute approximate surface area is 142 Å². The van der Waals surface area contributed by atoms with E-state index in [2.05, 4.69) is 15.3 Å². The third kappa shape index (κ3) is 2.98. The number of fused-ring (bicyclic) bond motifs is 1. The van der Waals surface area contributed by atoms with Crippen molar-refractivity contribution in [3.05, 3.63) is 63.0 Å². The SMILES string of the molecule is CCOC(=O)C1=C(C)Nc2nc(=O)[nH]c(N)c2C1c1cccc(F)c1. The molecule has 1 atom stereocenters. The topological polar surface area (TPSA) is 110 Å². The predicted octanol–water partition coefficient (Wildman–Crippen LogP) is 1.89. The average molecular weight is 344 g/mol. The molecule has 0 bridgehead atoms. The lowest BCUT2D eigenvalue weighted by molar-refractivity contribution is -0.138. The monoisotopic (exact) mass is 344 g/mol. The number of nitrogens with zero attached hydrogens (tertiary/aromatic N) is 1. The van der Waals surface area contributed by atoms with Crippen molar-refractivity contribution in [2.75, 3.05) is 17.7 Å². The van der Waals surface area contributed by atoms with E-state index in [0.717, 1.165) is 0 Å². The van der Waals surface area contributed by atoms with E-state index in [0.29, 0.717) is 22.4 Å². The highest BCUT2D eigenvalue weighted by Gasteiger charge is 2.36. The van der Waals surface area contributed by atoms with Crippen LogP contribution >= 0.6 is 0 Å². The number of benzene rings is 1. The molecule has 0 fully saturated rings. The average Bonchev–Trinajstić information content (AvgIpc) is 2.53. The van der Waals surface area contributed by atoms with Crippen molar-refractivity contribution >= 4 is 17.6 Å². The number of hydrogen-bond donors (Lipinski definition) is 3. The Hall–Kier alpha value is -3.16. The van der Waals surface area contributed by atoms with Crippen molar-refractivity contribution in [1.29, 1.82) is 0 Å². The van der Waals surface area contributed by atoms with E-state index < -0.39 is 23.4 Å². The zero-order valence-electron chi connectivity index (χ0n) is 13.7. The molecule has 130 valence electrons. The van der Waals surface area contributed by atoms with Gasteiger partial charge in [-0.15, -0.1) is 0 Å². The van der Waals surface area contributed by atoms with E-state index in [4.69, 9.17) is 10.5 Å². The molecule has 25 heavy (non-hydrogen) atoms. The summed E-state index contributed by atoms with van der Waals surface area (Å²) in [5, 5.41) is 2.92. The molecule has 0 saturated heterocycles. The smallest absolute Gasteiger partial charge is 0.348 e. The second-order valence-electron chi connectivity index (χ2n) is 5.59. The minimum Gasteiger partial charge on any atom is -0.463 e. The van der Waals surface area contributed by atoms with Gasteiger partial charge in [0, 0.05) is 11.3 Å². The van der Waals surface area contributed by atoms with Crippen LogP contribution in [0.1, 0.15) is 30.9 Å². The first-order valence-electron chi connectivity index (χ1n) is 7.72. The molecule has 1 unspecified atom stereocenters. The first-order valence-corrected chi connectivity index (χ1v) is 7.72. The predicted molar refractivity (Wildman–Crippen MR) is 90.5 cm³/mol. The van der Waals surface area contributed by atoms with Crippen molar-refractivity contribution in [2.24, 2.45) is 0 Å². The first kappa shape index (κ1) is 16.7. The van der Waals surface area contributed by atoms with Crippen molar-refractivity contribution < 1.29 is 13.9 Å². The highest BCUT2D eigenvalue weighted by atomic mass is 19.1. The second-order valence-corrected chi connectivity index (χ2v) is 5.59. The third-order valence-electron chi connectivity index (χ3n) is 3.96. The summed E-state index contributed by atoms with van der Waals surface area (Å²) >= 11 is 0. The molecule has 1 aromatic carbocycles. The van der Waals surface area contributed by atoms with Crippen molar-refractivity contribution in [1.82, 2.24) is 9.97 Å². The number of nitrogens with two attached hydrogens (primary N) is 1. The number of aromatic amines is 1. The largest absolute Gasteiger partial charge is 0.463 e. The van der Waals surface area contributed by atoms with Crippen LogP contribution in [-0.4, -0.2) is 22.5 Å². The number of rotatable bonds is 3. The van der Waals surface area contributed by atoms with Crippen LogP contribution in [0.5, 0.6) is 0 Å². The van der Waals surface area contributed by atoms with Gasteiger partial charge in [0.1, 0.15) is 17.5 Å². The Morgan fingerprint density at radius 3 is 2.88 bits per heavy atom. The van der Waals surface area contributed by atoms with Gasteiger partial charge in [0.05, 0.1) is 18.1 Å². The number of allylic oxidation sites excluding steroid dienone is 1. The molecule has 1 aliphatic heterocycles. The number of H-pyrrole nitrogens is 1. The number of nitrogen functional groups attached to an aromatic ring is 1. The van der Waals surface area contributed by atoms with Gasteiger partial charge in [0.15, 0.2) is 0 Å². The summed E-state index contributed by atoms with van der Waals surface area (Å²) in [7, 11) is 0.